The van der Waals surface area contributed by atoms with Crippen molar-refractivity contribution in [3.63, 3.8) is 0 Å². The Morgan fingerprint density at radius 3 is 2.30 bits per heavy atom. The van der Waals surface area contributed by atoms with E-state index in [-0.39, 0.29) is 0 Å². The van der Waals surface area contributed by atoms with E-state index in [1.165, 1.54) is 37.8 Å². The van der Waals surface area contributed by atoms with Gasteiger partial charge in [-0.2, -0.15) is 4.98 Å². The van der Waals surface area contributed by atoms with Crippen molar-refractivity contribution in [2.45, 2.75) is 46.0 Å². The molecule has 144 valence electrons. The van der Waals surface area contributed by atoms with Gasteiger partial charge in [0.05, 0.1) is 0 Å². The Bertz CT molecular complexity index is 744. The Kier molecular flexibility index (Phi) is 5.46. The van der Waals surface area contributed by atoms with E-state index < -0.39 is 0 Å². The van der Waals surface area contributed by atoms with Gasteiger partial charge in [0.25, 0.3) is 0 Å². The molecular formula is C22H31N5. The number of nitrogens with one attached hydrogen (secondary N) is 1. The minimum absolute atomic E-state index is 0.690. The zero-order valence-corrected chi connectivity index (χ0v) is 16.6. The summed E-state index contributed by atoms with van der Waals surface area (Å²) < 4.78 is 0. The first kappa shape index (κ1) is 18.1. The molecule has 27 heavy (non-hydrogen) atoms. The molecule has 0 aliphatic carbocycles. The van der Waals surface area contributed by atoms with Crippen molar-refractivity contribution in [3.05, 3.63) is 36.0 Å². The van der Waals surface area contributed by atoms with E-state index in [9.17, 15) is 0 Å². The van der Waals surface area contributed by atoms with Gasteiger partial charge in [-0.3, -0.25) is 0 Å². The molecule has 5 heteroatoms. The van der Waals surface area contributed by atoms with Crippen LogP contribution >= 0.6 is 0 Å². The summed E-state index contributed by atoms with van der Waals surface area (Å²) >= 11 is 0. The third-order valence-corrected chi connectivity index (χ3v) is 5.79. The normalized spacial score (nSPS) is 18.6. The van der Waals surface area contributed by atoms with E-state index in [0.717, 1.165) is 49.3 Å². The minimum atomic E-state index is 0.690. The molecule has 0 bridgehead atoms. The smallest absolute Gasteiger partial charge is 0.229 e. The van der Waals surface area contributed by atoms with Crippen molar-refractivity contribution < 1.29 is 0 Å². The van der Waals surface area contributed by atoms with E-state index in [0.29, 0.717) is 5.95 Å². The van der Waals surface area contributed by atoms with Crippen LogP contribution in [0.15, 0.2) is 30.3 Å². The molecule has 2 fully saturated rings. The summed E-state index contributed by atoms with van der Waals surface area (Å²) in [5.41, 5.74) is 3.36. The maximum atomic E-state index is 4.77. The average Bonchev–Trinajstić information content (AvgIpc) is 2.69. The summed E-state index contributed by atoms with van der Waals surface area (Å²) in [6, 6.07) is 10.8. The molecule has 0 radical (unpaired) electrons. The average molecular weight is 366 g/mol. The fourth-order valence-corrected chi connectivity index (χ4v) is 4.04. The monoisotopic (exact) mass is 365 g/mol. The maximum Gasteiger partial charge on any atom is 0.229 e. The molecule has 0 amide bonds. The fourth-order valence-electron chi connectivity index (χ4n) is 4.04. The van der Waals surface area contributed by atoms with E-state index >= 15 is 0 Å². The molecule has 0 saturated carbocycles. The van der Waals surface area contributed by atoms with Gasteiger partial charge < -0.3 is 15.1 Å². The number of nitrogens with zero attached hydrogens (tertiary/aromatic N) is 4. The lowest BCUT2D eigenvalue weighted by molar-refractivity contribution is 0.438. The third-order valence-electron chi connectivity index (χ3n) is 5.79. The van der Waals surface area contributed by atoms with Crippen molar-refractivity contribution in [1.29, 1.82) is 0 Å². The second-order valence-electron chi connectivity index (χ2n) is 8.08. The zero-order chi connectivity index (χ0) is 18.6. The molecule has 0 unspecified atom stereocenters. The molecule has 1 aromatic carbocycles. The Hall–Kier alpha value is -2.30. The summed E-state index contributed by atoms with van der Waals surface area (Å²) in [7, 11) is 0. The Labute approximate surface area is 162 Å². The number of hydrogen-bond donors (Lipinski definition) is 1. The molecule has 0 spiro atoms. The second-order valence-corrected chi connectivity index (χ2v) is 8.08. The number of piperidine rings is 2. The first-order valence-electron chi connectivity index (χ1n) is 10.4. The number of anilines is 4. The minimum Gasteiger partial charge on any atom is -0.372 e. The zero-order valence-electron chi connectivity index (χ0n) is 16.6. The van der Waals surface area contributed by atoms with E-state index in [2.05, 4.69) is 57.4 Å². The van der Waals surface area contributed by atoms with Crippen molar-refractivity contribution in [3.8, 4) is 0 Å². The van der Waals surface area contributed by atoms with Crippen LogP contribution < -0.4 is 15.1 Å². The van der Waals surface area contributed by atoms with Crippen LogP contribution in [-0.4, -0.2) is 36.1 Å². The van der Waals surface area contributed by atoms with Crippen molar-refractivity contribution in [1.82, 2.24) is 9.97 Å². The van der Waals surface area contributed by atoms with Gasteiger partial charge in [0, 0.05) is 49.3 Å². The standard InChI is InChI=1S/C22H31N5/c1-17-10-14-26(15-11-17)20-8-6-19(7-9-20)24-22-23-18(2)16-21(25-22)27-12-4-3-5-13-27/h6-9,16-17H,3-5,10-15H2,1-2H3,(H,23,24,25). The highest BCUT2D eigenvalue weighted by Crippen LogP contribution is 2.26. The summed E-state index contributed by atoms with van der Waals surface area (Å²) in [5, 5.41) is 3.39. The molecule has 2 aliphatic rings. The quantitative estimate of drug-likeness (QED) is 0.847. The maximum absolute atomic E-state index is 4.77. The molecule has 2 aromatic rings. The van der Waals surface area contributed by atoms with Crippen molar-refractivity contribution >= 4 is 23.1 Å². The molecule has 3 heterocycles. The topological polar surface area (TPSA) is 44.3 Å². The number of hydrogen-bond acceptors (Lipinski definition) is 5. The SMILES string of the molecule is Cc1cc(N2CCCCC2)nc(Nc2ccc(N3CCC(C)CC3)cc2)n1. The molecule has 2 aliphatic heterocycles. The van der Waals surface area contributed by atoms with E-state index in [4.69, 9.17) is 4.98 Å². The van der Waals surface area contributed by atoms with Crippen molar-refractivity contribution in [2.75, 3.05) is 41.3 Å². The predicted molar refractivity (Wildman–Crippen MR) is 113 cm³/mol. The number of benzene rings is 1. The van der Waals surface area contributed by atoms with E-state index in [1.54, 1.807) is 0 Å². The van der Waals surface area contributed by atoms with Crippen LogP contribution in [0.4, 0.5) is 23.1 Å². The van der Waals surface area contributed by atoms with Gasteiger partial charge in [-0.25, -0.2) is 4.98 Å². The lowest BCUT2D eigenvalue weighted by Crippen LogP contribution is -2.32. The third kappa shape index (κ3) is 4.52. The lowest BCUT2D eigenvalue weighted by Gasteiger charge is -2.32. The van der Waals surface area contributed by atoms with E-state index in [1.807, 2.05) is 6.92 Å². The van der Waals surface area contributed by atoms with Gasteiger partial charge in [0.1, 0.15) is 5.82 Å². The Morgan fingerprint density at radius 2 is 1.59 bits per heavy atom. The molecule has 1 N–H and O–H groups in total. The van der Waals surface area contributed by atoms with Crippen LogP contribution in [0.5, 0.6) is 0 Å². The highest BCUT2D eigenvalue weighted by Gasteiger charge is 2.16. The number of aromatic nitrogens is 2. The van der Waals surface area contributed by atoms with Crippen LogP contribution in [-0.2, 0) is 0 Å². The van der Waals surface area contributed by atoms with Gasteiger partial charge in [0.2, 0.25) is 5.95 Å². The van der Waals surface area contributed by atoms with Crippen LogP contribution in [0.25, 0.3) is 0 Å². The molecule has 2 saturated heterocycles. The second kappa shape index (κ2) is 8.15. The number of aryl methyl sites for hydroxylation is 1. The molecule has 5 nitrogen and oxygen atoms in total. The first-order chi connectivity index (χ1) is 13.2. The van der Waals surface area contributed by atoms with Crippen LogP contribution in [0.3, 0.4) is 0 Å². The van der Waals surface area contributed by atoms with Gasteiger partial charge in [-0.1, -0.05) is 6.92 Å². The largest absolute Gasteiger partial charge is 0.372 e. The summed E-state index contributed by atoms with van der Waals surface area (Å²) in [6.07, 6.45) is 6.41. The van der Waals surface area contributed by atoms with Gasteiger partial charge in [-0.15, -0.1) is 0 Å². The van der Waals surface area contributed by atoms with Crippen LogP contribution in [0.1, 0.15) is 44.7 Å². The lowest BCUT2D eigenvalue weighted by atomic mass is 9.99. The molecule has 0 atom stereocenters. The summed E-state index contributed by atoms with van der Waals surface area (Å²) in [5.74, 6) is 2.59. The van der Waals surface area contributed by atoms with Crippen molar-refractivity contribution in [2.24, 2.45) is 5.92 Å². The highest BCUT2D eigenvalue weighted by molar-refractivity contribution is 5.60. The highest BCUT2D eigenvalue weighted by atomic mass is 15.2. The first-order valence-corrected chi connectivity index (χ1v) is 10.4. The predicted octanol–water partition coefficient (Wildman–Crippen LogP) is 4.76. The Balaban J connectivity index is 1.45. The van der Waals surface area contributed by atoms with Crippen LogP contribution in [0.2, 0.25) is 0 Å². The van der Waals surface area contributed by atoms with Crippen LogP contribution in [0, 0.1) is 12.8 Å². The molecule has 1 aromatic heterocycles. The summed E-state index contributed by atoms with van der Waals surface area (Å²) in [6.45, 7) is 8.91. The molecular weight excluding hydrogens is 334 g/mol. The summed E-state index contributed by atoms with van der Waals surface area (Å²) in [4.78, 5) is 14.2. The van der Waals surface area contributed by atoms with Gasteiger partial charge >= 0.3 is 0 Å². The molecule has 4 rings (SSSR count). The Morgan fingerprint density at radius 1 is 0.889 bits per heavy atom. The fraction of sp³-hybridized carbons (Fsp3) is 0.545. The number of rotatable bonds is 4. The van der Waals surface area contributed by atoms with Gasteiger partial charge in [-0.05, 0) is 69.2 Å². The van der Waals surface area contributed by atoms with Gasteiger partial charge in [0.15, 0.2) is 0 Å².